The zero-order valence-corrected chi connectivity index (χ0v) is 14.8. The Morgan fingerprint density at radius 2 is 1.88 bits per heavy atom. The molecule has 3 rings (SSSR count). The van der Waals surface area contributed by atoms with Crippen molar-refractivity contribution in [3.8, 4) is 0 Å². The summed E-state index contributed by atoms with van der Waals surface area (Å²) in [5.41, 5.74) is 4.38. The molecule has 1 amide bonds. The standard InChI is InChI=1S/C21H23N3O/c1-4-22-21(25)18-13-23-19-11-10-15(14(2)3)12-17(19)20(18)24-16-8-6-5-7-9-16/h5-14H,4H2,1-3H3,(H,22,25)(H,23,24). The molecule has 3 aromatic rings. The summed E-state index contributed by atoms with van der Waals surface area (Å²) in [5.74, 6) is 0.285. The highest BCUT2D eigenvalue weighted by Crippen LogP contribution is 2.31. The van der Waals surface area contributed by atoms with Gasteiger partial charge in [0.15, 0.2) is 0 Å². The van der Waals surface area contributed by atoms with E-state index in [0.717, 1.165) is 22.3 Å². The number of rotatable bonds is 5. The van der Waals surface area contributed by atoms with Gasteiger partial charge >= 0.3 is 0 Å². The molecule has 0 unspecified atom stereocenters. The zero-order valence-electron chi connectivity index (χ0n) is 14.8. The molecule has 4 nitrogen and oxygen atoms in total. The molecule has 4 heteroatoms. The molecule has 0 spiro atoms. The fourth-order valence-electron chi connectivity index (χ4n) is 2.80. The number of hydrogen-bond acceptors (Lipinski definition) is 3. The van der Waals surface area contributed by atoms with E-state index in [0.29, 0.717) is 18.0 Å². The molecule has 0 atom stereocenters. The number of nitrogens with one attached hydrogen (secondary N) is 2. The molecule has 0 aliphatic rings. The monoisotopic (exact) mass is 333 g/mol. The van der Waals surface area contributed by atoms with Crippen molar-refractivity contribution in [3.63, 3.8) is 0 Å². The average Bonchev–Trinajstić information content (AvgIpc) is 2.62. The number of nitrogens with zero attached hydrogens (tertiary/aromatic N) is 1. The summed E-state index contributed by atoms with van der Waals surface area (Å²) in [4.78, 5) is 17.0. The van der Waals surface area contributed by atoms with Gasteiger partial charge in [-0.1, -0.05) is 38.1 Å². The Labute approximate surface area is 148 Å². The van der Waals surface area contributed by atoms with Gasteiger partial charge in [0.05, 0.1) is 16.8 Å². The minimum Gasteiger partial charge on any atom is -0.354 e. The quantitative estimate of drug-likeness (QED) is 0.701. The van der Waals surface area contributed by atoms with Crippen LogP contribution in [0.1, 0.15) is 42.6 Å². The molecule has 25 heavy (non-hydrogen) atoms. The maximum Gasteiger partial charge on any atom is 0.254 e. The van der Waals surface area contributed by atoms with Crippen molar-refractivity contribution in [2.75, 3.05) is 11.9 Å². The predicted molar refractivity (Wildman–Crippen MR) is 104 cm³/mol. The molecule has 0 aliphatic carbocycles. The van der Waals surface area contributed by atoms with E-state index in [9.17, 15) is 4.79 Å². The van der Waals surface area contributed by atoms with Crippen LogP contribution in [-0.2, 0) is 0 Å². The zero-order chi connectivity index (χ0) is 17.8. The molecule has 0 aliphatic heterocycles. The molecule has 1 heterocycles. The van der Waals surface area contributed by atoms with Gasteiger partial charge in [-0.2, -0.15) is 0 Å². The van der Waals surface area contributed by atoms with Crippen LogP contribution in [0.3, 0.4) is 0 Å². The molecule has 0 bridgehead atoms. The van der Waals surface area contributed by atoms with Gasteiger partial charge in [-0.15, -0.1) is 0 Å². The molecule has 2 aromatic carbocycles. The van der Waals surface area contributed by atoms with Crippen molar-refractivity contribution in [2.24, 2.45) is 0 Å². The van der Waals surface area contributed by atoms with Crippen molar-refractivity contribution >= 4 is 28.2 Å². The van der Waals surface area contributed by atoms with Crippen LogP contribution in [0, 0.1) is 0 Å². The minimum atomic E-state index is -0.120. The van der Waals surface area contributed by atoms with Crippen LogP contribution in [-0.4, -0.2) is 17.4 Å². The van der Waals surface area contributed by atoms with Crippen LogP contribution in [0.25, 0.3) is 10.9 Å². The average molecular weight is 333 g/mol. The van der Waals surface area contributed by atoms with Gasteiger partial charge in [0.25, 0.3) is 5.91 Å². The minimum absolute atomic E-state index is 0.120. The molecular formula is C21H23N3O. The first-order chi connectivity index (χ1) is 12.1. The Hall–Kier alpha value is -2.88. The number of para-hydroxylation sites is 1. The Morgan fingerprint density at radius 3 is 2.56 bits per heavy atom. The topological polar surface area (TPSA) is 54.0 Å². The van der Waals surface area contributed by atoms with E-state index < -0.39 is 0 Å². The van der Waals surface area contributed by atoms with Gasteiger partial charge in [0.1, 0.15) is 0 Å². The van der Waals surface area contributed by atoms with Crippen LogP contribution < -0.4 is 10.6 Å². The van der Waals surface area contributed by atoms with E-state index in [4.69, 9.17) is 0 Å². The van der Waals surface area contributed by atoms with Crippen LogP contribution >= 0.6 is 0 Å². The molecule has 2 N–H and O–H groups in total. The summed E-state index contributed by atoms with van der Waals surface area (Å²) in [7, 11) is 0. The summed E-state index contributed by atoms with van der Waals surface area (Å²) in [6.45, 7) is 6.81. The number of aromatic nitrogens is 1. The molecule has 128 valence electrons. The van der Waals surface area contributed by atoms with Crippen molar-refractivity contribution < 1.29 is 4.79 Å². The Kier molecular flexibility index (Phi) is 4.98. The number of benzene rings is 2. The normalized spacial score (nSPS) is 10.9. The summed E-state index contributed by atoms with van der Waals surface area (Å²) < 4.78 is 0. The van der Waals surface area contributed by atoms with Crippen molar-refractivity contribution in [1.29, 1.82) is 0 Å². The second kappa shape index (κ2) is 7.34. The second-order valence-electron chi connectivity index (χ2n) is 6.33. The lowest BCUT2D eigenvalue weighted by atomic mass is 9.99. The maximum atomic E-state index is 12.5. The summed E-state index contributed by atoms with van der Waals surface area (Å²) >= 11 is 0. The van der Waals surface area contributed by atoms with Gasteiger partial charge in [0.2, 0.25) is 0 Å². The molecule has 0 radical (unpaired) electrons. The SMILES string of the molecule is CCNC(=O)c1cnc2ccc(C(C)C)cc2c1Nc1ccccc1. The molecular weight excluding hydrogens is 310 g/mol. The highest BCUT2D eigenvalue weighted by molar-refractivity contribution is 6.08. The number of anilines is 2. The Bertz CT molecular complexity index is 888. The predicted octanol–water partition coefficient (Wildman–Crippen LogP) is 4.85. The number of pyridine rings is 1. The smallest absolute Gasteiger partial charge is 0.254 e. The first kappa shape index (κ1) is 17.0. The number of amides is 1. The maximum absolute atomic E-state index is 12.5. The van der Waals surface area contributed by atoms with Crippen LogP contribution in [0.2, 0.25) is 0 Å². The van der Waals surface area contributed by atoms with Gasteiger partial charge in [0, 0.05) is 23.8 Å². The Balaban J connectivity index is 2.20. The molecule has 1 aromatic heterocycles. The highest BCUT2D eigenvalue weighted by atomic mass is 16.1. The van der Waals surface area contributed by atoms with Gasteiger partial charge in [-0.25, -0.2) is 0 Å². The highest BCUT2D eigenvalue weighted by Gasteiger charge is 2.16. The van der Waals surface area contributed by atoms with E-state index in [2.05, 4.69) is 41.6 Å². The largest absolute Gasteiger partial charge is 0.354 e. The third-order valence-electron chi connectivity index (χ3n) is 4.18. The number of carbonyl (C=O) groups is 1. The summed E-state index contributed by atoms with van der Waals surface area (Å²) in [6, 6.07) is 16.1. The number of hydrogen-bond donors (Lipinski definition) is 2. The fourth-order valence-corrected chi connectivity index (χ4v) is 2.80. The van der Waals surface area contributed by atoms with E-state index >= 15 is 0 Å². The van der Waals surface area contributed by atoms with E-state index in [-0.39, 0.29) is 5.91 Å². The number of carbonyl (C=O) groups excluding carboxylic acids is 1. The molecule has 0 saturated carbocycles. The second-order valence-corrected chi connectivity index (χ2v) is 6.33. The lowest BCUT2D eigenvalue weighted by Gasteiger charge is -2.16. The third-order valence-corrected chi connectivity index (χ3v) is 4.18. The van der Waals surface area contributed by atoms with Crippen molar-refractivity contribution in [2.45, 2.75) is 26.7 Å². The van der Waals surface area contributed by atoms with E-state index in [1.807, 2.05) is 43.3 Å². The van der Waals surface area contributed by atoms with Crippen LogP contribution in [0.5, 0.6) is 0 Å². The summed E-state index contributed by atoms with van der Waals surface area (Å²) in [6.07, 6.45) is 1.65. The van der Waals surface area contributed by atoms with Gasteiger partial charge in [-0.05, 0) is 42.7 Å². The third kappa shape index (κ3) is 3.63. The Morgan fingerprint density at radius 1 is 1.12 bits per heavy atom. The first-order valence-electron chi connectivity index (χ1n) is 8.63. The van der Waals surface area contributed by atoms with Crippen LogP contribution in [0.15, 0.2) is 54.7 Å². The van der Waals surface area contributed by atoms with Crippen molar-refractivity contribution in [3.05, 3.63) is 65.9 Å². The first-order valence-corrected chi connectivity index (χ1v) is 8.63. The lowest BCUT2D eigenvalue weighted by molar-refractivity contribution is 0.0956. The molecule has 0 fully saturated rings. The van der Waals surface area contributed by atoms with E-state index in [1.165, 1.54) is 5.56 Å². The fraction of sp³-hybridized carbons (Fsp3) is 0.238. The summed E-state index contributed by atoms with van der Waals surface area (Å²) in [5, 5.41) is 7.25. The van der Waals surface area contributed by atoms with Crippen LogP contribution in [0.4, 0.5) is 11.4 Å². The van der Waals surface area contributed by atoms with Crippen molar-refractivity contribution in [1.82, 2.24) is 10.3 Å². The van der Waals surface area contributed by atoms with Gasteiger partial charge < -0.3 is 10.6 Å². The number of fused-ring (bicyclic) bond motifs is 1. The lowest BCUT2D eigenvalue weighted by Crippen LogP contribution is -2.23. The molecule has 0 saturated heterocycles. The van der Waals surface area contributed by atoms with Gasteiger partial charge in [-0.3, -0.25) is 9.78 Å². The van der Waals surface area contributed by atoms with E-state index in [1.54, 1.807) is 6.20 Å².